The molecule has 3 rings (SSSR count). The highest BCUT2D eigenvalue weighted by molar-refractivity contribution is 7.86. The van der Waals surface area contributed by atoms with E-state index in [4.69, 9.17) is 4.28 Å². The molecule has 158 valence electrons. The van der Waals surface area contributed by atoms with Crippen LogP contribution in [0.5, 0.6) is 0 Å². The molecule has 10 nitrogen and oxygen atoms in total. The van der Waals surface area contributed by atoms with Gasteiger partial charge in [0.2, 0.25) is 0 Å². The largest absolute Gasteiger partial charge is 0.358 e. The maximum absolute atomic E-state index is 13.0. The van der Waals surface area contributed by atoms with Crippen LogP contribution in [0, 0.1) is 26.0 Å². The summed E-state index contributed by atoms with van der Waals surface area (Å²) >= 11 is 0. The van der Waals surface area contributed by atoms with Gasteiger partial charge in [-0.2, -0.15) is 8.42 Å². The molecule has 2 aromatic rings. The Morgan fingerprint density at radius 1 is 1.03 bits per heavy atom. The van der Waals surface area contributed by atoms with Crippen molar-refractivity contribution in [1.82, 2.24) is 0 Å². The van der Waals surface area contributed by atoms with Crippen LogP contribution in [0.25, 0.3) is 0 Å². The number of hydrogen-bond acceptors (Lipinski definition) is 8. The van der Waals surface area contributed by atoms with Crippen LogP contribution in [-0.2, 0) is 14.4 Å². The number of nitrogens with zero attached hydrogens (tertiary/aromatic N) is 3. The molecule has 0 heterocycles. The summed E-state index contributed by atoms with van der Waals surface area (Å²) < 4.78 is 42.4. The van der Waals surface area contributed by atoms with Crippen molar-refractivity contribution in [1.29, 1.82) is 0 Å². The zero-order valence-electron chi connectivity index (χ0n) is 15.4. The van der Waals surface area contributed by atoms with Crippen molar-refractivity contribution >= 4 is 27.2 Å². The van der Waals surface area contributed by atoms with Crippen molar-refractivity contribution in [3.63, 3.8) is 0 Å². The van der Waals surface area contributed by atoms with Crippen LogP contribution < -0.4 is 0 Å². The van der Waals surface area contributed by atoms with Crippen LogP contribution in [0.15, 0.2) is 52.5 Å². The maximum Gasteiger partial charge on any atom is 0.358 e. The lowest BCUT2D eigenvalue weighted by molar-refractivity contribution is -0.394. The molecule has 1 aliphatic carbocycles. The van der Waals surface area contributed by atoms with E-state index in [0.717, 1.165) is 36.4 Å². The SMILES string of the molecule is O=[N+]([O-])c1ccc(C2CCCC/C2=N/OS(=O)(=O)c2ccc(F)cc2)c([N+](=O)[O-])c1. The summed E-state index contributed by atoms with van der Waals surface area (Å²) in [6.45, 7) is 0. The molecule has 1 unspecified atom stereocenters. The summed E-state index contributed by atoms with van der Waals surface area (Å²) in [5, 5.41) is 26.2. The van der Waals surface area contributed by atoms with Gasteiger partial charge in [0.25, 0.3) is 11.4 Å². The molecule has 2 aromatic carbocycles. The Kier molecular flexibility index (Phi) is 6.06. The first kappa shape index (κ1) is 21.3. The second-order valence-electron chi connectivity index (χ2n) is 6.62. The molecule has 30 heavy (non-hydrogen) atoms. The van der Waals surface area contributed by atoms with Crippen LogP contribution in [0.3, 0.4) is 0 Å². The van der Waals surface area contributed by atoms with Crippen molar-refractivity contribution in [3.05, 3.63) is 74.1 Å². The minimum Gasteiger partial charge on any atom is -0.265 e. The van der Waals surface area contributed by atoms with Gasteiger partial charge in [0, 0.05) is 17.5 Å². The monoisotopic (exact) mass is 437 g/mol. The van der Waals surface area contributed by atoms with Gasteiger partial charge in [0.05, 0.1) is 21.6 Å². The fourth-order valence-electron chi connectivity index (χ4n) is 3.28. The number of benzene rings is 2. The quantitative estimate of drug-likeness (QED) is 0.490. The Morgan fingerprint density at radius 3 is 2.37 bits per heavy atom. The summed E-state index contributed by atoms with van der Waals surface area (Å²) in [7, 11) is -4.30. The normalized spacial score (nSPS) is 18.2. The summed E-state index contributed by atoms with van der Waals surface area (Å²) in [6.07, 6.45) is 2.17. The van der Waals surface area contributed by atoms with Gasteiger partial charge in [0.1, 0.15) is 10.7 Å². The van der Waals surface area contributed by atoms with Crippen LogP contribution >= 0.6 is 0 Å². The Hall–Kier alpha value is -3.41. The third kappa shape index (κ3) is 4.59. The molecule has 1 fully saturated rings. The minimum atomic E-state index is -4.30. The maximum atomic E-state index is 13.0. The molecule has 1 atom stereocenters. The lowest BCUT2D eigenvalue weighted by Crippen LogP contribution is -2.20. The van der Waals surface area contributed by atoms with Gasteiger partial charge in [0.15, 0.2) is 0 Å². The highest BCUT2D eigenvalue weighted by Crippen LogP contribution is 2.38. The topological polar surface area (TPSA) is 142 Å². The van der Waals surface area contributed by atoms with E-state index < -0.39 is 43.1 Å². The number of rotatable bonds is 6. The molecule has 12 heteroatoms. The molecule has 1 aliphatic rings. The second kappa shape index (κ2) is 8.53. The molecule has 0 bridgehead atoms. The molecule has 0 saturated heterocycles. The molecule has 0 amide bonds. The van der Waals surface area contributed by atoms with Crippen LogP contribution in [0.4, 0.5) is 15.8 Å². The number of nitro groups is 2. The van der Waals surface area contributed by atoms with Crippen LogP contribution in [-0.4, -0.2) is 24.0 Å². The lowest BCUT2D eigenvalue weighted by atomic mass is 9.81. The highest BCUT2D eigenvalue weighted by atomic mass is 32.2. The molecule has 0 N–H and O–H groups in total. The second-order valence-corrected chi connectivity index (χ2v) is 8.15. The van der Waals surface area contributed by atoms with Gasteiger partial charge in [-0.15, -0.1) is 0 Å². The summed E-state index contributed by atoms with van der Waals surface area (Å²) in [5.74, 6) is -1.23. The van der Waals surface area contributed by atoms with Crippen molar-refractivity contribution in [3.8, 4) is 0 Å². The van der Waals surface area contributed by atoms with Gasteiger partial charge in [-0.1, -0.05) is 11.6 Å². The van der Waals surface area contributed by atoms with Crippen molar-refractivity contribution in [2.75, 3.05) is 0 Å². The number of oxime groups is 1. The highest BCUT2D eigenvalue weighted by Gasteiger charge is 2.31. The molecule has 0 aliphatic heterocycles. The Bertz CT molecular complexity index is 1120. The summed E-state index contributed by atoms with van der Waals surface area (Å²) in [6, 6.07) is 7.31. The number of hydrogen-bond donors (Lipinski definition) is 0. The molecule has 0 spiro atoms. The molecule has 0 radical (unpaired) electrons. The molecular weight excluding hydrogens is 421 g/mol. The van der Waals surface area contributed by atoms with Gasteiger partial charge < -0.3 is 0 Å². The van der Waals surface area contributed by atoms with E-state index >= 15 is 0 Å². The first-order valence-electron chi connectivity index (χ1n) is 8.88. The molecule has 1 saturated carbocycles. The first-order valence-corrected chi connectivity index (χ1v) is 10.3. The summed E-state index contributed by atoms with van der Waals surface area (Å²) in [5.41, 5.74) is -0.379. The minimum absolute atomic E-state index is 0.201. The Balaban J connectivity index is 1.94. The fraction of sp³-hybridized carbons (Fsp3) is 0.278. The van der Waals surface area contributed by atoms with Crippen molar-refractivity contribution in [2.24, 2.45) is 5.16 Å². The average molecular weight is 437 g/mol. The third-order valence-electron chi connectivity index (χ3n) is 4.73. The van der Waals surface area contributed by atoms with Crippen LogP contribution in [0.2, 0.25) is 0 Å². The van der Waals surface area contributed by atoms with Gasteiger partial charge in [-0.3, -0.25) is 24.5 Å². The van der Waals surface area contributed by atoms with Crippen LogP contribution in [0.1, 0.15) is 37.2 Å². The van der Waals surface area contributed by atoms with E-state index in [-0.39, 0.29) is 16.2 Å². The average Bonchev–Trinajstić information content (AvgIpc) is 2.72. The van der Waals surface area contributed by atoms with E-state index in [1.165, 1.54) is 6.07 Å². The third-order valence-corrected chi connectivity index (χ3v) is 5.85. The first-order chi connectivity index (χ1) is 14.2. The zero-order valence-corrected chi connectivity index (χ0v) is 16.2. The predicted molar refractivity (Wildman–Crippen MR) is 103 cm³/mol. The van der Waals surface area contributed by atoms with E-state index in [2.05, 4.69) is 5.16 Å². The van der Waals surface area contributed by atoms with E-state index in [9.17, 15) is 33.0 Å². The van der Waals surface area contributed by atoms with Gasteiger partial charge in [-0.05, 0) is 49.6 Å². The lowest BCUT2D eigenvalue weighted by Gasteiger charge is -2.23. The smallest absolute Gasteiger partial charge is 0.265 e. The molecule has 0 aromatic heterocycles. The van der Waals surface area contributed by atoms with Gasteiger partial charge >= 0.3 is 10.1 Å². The summed E-state index contributed by atoms with van der Waals surface area (Å²) in [4.78, 5) is 20.7. The van der Waals surface area contributed by atoms with E-state index in [0.29, 0.717) is 25.7 Å². The predicted octanol–water partition coefficient (Wildman–Crippen LogP) is 4.06. The molecular formula is C18H16FN3O7S. The van der Waals surface area contributed by atoms with E-state index in [1.54, 1.807) is 0 Å². The number of halogens is 1. The number of non-ortho nitro benzene ring substituents is 1. The van der Waals surface area contributed by atoms with Crippen molar-refractivity contribution < 1.29 is 26.9 Å². The van der Waals surface area contributed by atoms with E-state index in [1.807, 2.05) is 0 Å². The number of nitro benzene ring substituents is 2. The Morgan fingerprint density at radius 2 is 1.73 bits per heavy atom. The van der Waals surface area contributed by atoms with Gasteiger partial charge in [-0.25, -0.2) is 4.39 Å². The standard InChI is InChI=1S/C18H16FN3O7S/c19-12-5-8-14(9-6-12)30(27,28)29-20-17-4-2-1-3-15(17)16-10-7-13(21(23)24)11-18(16)22(25)26/h5-11,15H,1-4H2/b20-17-. The van der Waals surface area contributed by atoms with Crippen molar-refractivity contribution in [2.45, 2.75) is 36.5 Å². The Labute approximate surface area is 170 Å². The zero-order chi connectivity index (χ0) is 21.9. The fourth-order valence-corrected chi connectivity index (χ4v) is 4.03.